The lowest BCUT2D eigenvalue weighted by atomic mass is 10.1. The summed E-state index contributed by atoms with van der Waals surface area (Å²) in [6.07, 6.45) is 9.34. The number of aldehydes is 1. The van der Waals surface area contributed by atoms with Crippen molar-refractivity contribution in [3.8, 4) is 0 Å². The molecule has 0 aliphatic heterocycles. The first kappa shape index (κ1) is 11.5. The van der Waals surface area contributed by atoms with Crippen LogP contribution >= 0.6 is 0 Å². The first-order valence-corrected chi connectivity index (χ1v) is 6.90. The number of benzene rings is 1. The fourth-order valence-corrected chi connectivity index (χ4v) is 2.80. The Labute approximate surface area is 116 Å². The van der Waals surface area contributed by atoms with Crippen LogP contribution in [0.25, 0.3) is 10.9 Å². The van der Waals surface area contributed by atoms with Gasteiger partial charge in [-0.05, 0) is 25.0 Å². The number of hydrogen-bond acceptors (Lipinski definition) is 2. The lowest BCUT2D eigenvalue weighted by Gasteiger charge is -2.09. The van der Waals surface area contributed by atoms with Gasteiger partial charge in [-0.25, -0.2) is 4.98 Å². The van der Waals surface area contributed by atoms with E-state index in [1.807, 2.05) is 36.9 Å². The number of aromatic nitrogens is 3. The van der Waals surface area contributed by atoms with Crippen molar-refractivity contribution >= 4 is 17.2 Å². The second-order valence-electron chi connectivity index (χ2n) is 5.36. The fraction of sp³-hybridized carbons (Fsp3) is 0.250. The van der Waals surface area contributed by atoms with Gasteiger partial charge in [0, 0.05) is 34.9 Å². The quantitative estimate of drug-likeness (QED) is 0.680. The van der Waals surface area contributed by atoms with Crippen LogP contribution in [0.4, 0.5) is 0 Å². The molecule has 2 aromatic heterocycles. The molecule has 1 aromatic carbocycles. The molecule has 1 aliphatic rings. The summed E-state index contributed by atoms with van der Waals surface area (Å²) in [4.78, 5) is 15.3. The number of carbonyl (C=O) groups excluding carboxylic acids is 1. The van der Waals surface area contributed by atoms with Gasteiger partial charge in [0.15, 0.2) is 6.29 Å². The minimum Gasteiger partial charge on any atom is -0.341 e. The molecular formula is C16H15N3O. The highest BCUT2D eigenvalue weighted by molar-refractivity contribution is 5.97. The van der Waals surface area contributed by atoms with E-state index in [4.69, 9.17) is 0 Å². The monoisotopic (exact) mass is 265 g/mol. The van der Waals surface area contributed by atoms with Gasteiger partial charge in [-0.2, -0.15) is 0 Å². The normalized spacial score (nSPS) is 14.8. The summed E-state index contributed by atoms with van der Waals surface area (Å²) < 4.78 is 4.45. The zero-order chi connectivity index (χ0) is 13.5. The third kappa shape index (κ3) is 1.76. The van der Waals surface area contributed by atoms with E-state index < -0.39 is 0 Å². The molecule has 0 atom stereocenters. The van der Waals surface area contributed by atoms with Gasteiger partial charge in [-0.15, -0.1) is 0 Å². The Morgan fingerprint density at radius 3 is 3.00 bits per heavy atom. The molecule has 20 heavy (non-hydrogen) atoms. The second-order valence-corrected chi connectivity index (χ2v) is 5.36. The van der Waals surface area contributed by atoms with Crippen molar-refractivity contribution in [2.24, 2.45) is 0 Å². The third-order valence-electron chi connectivity index (χ3n) is 3.99. The zero-order valence-corrected chi connectivity index (χ0v) is 11.1. The molecule has 0 bridgehead atoms. The highest BCUT2D eigenvalue weighted by atomic mass is 16.1. The van der Waals surface area contributed by atoms with Gasteiger partial charge in [-0.1, -0.05) is 12.1 Å². The van der Waals surface area contributed by atoms with Crippen LogP contribution < -0.4 is 0 Å². The molecule has 0 unspecified atom stereocenters. The molecule has 4 nitrogen and oxygen atoms in total. The number of fused-ring (bicyclic) bond motifs is 1. The van der Waals surface area contributed by atoms with Crippen molar-refractivity contribution in [2.45, 2.75) is 25.4 Å². The molecule has 0 saturated heterocycles. The Bertz CT molecular complexity index is 780. The van der Waals surface area contributed by atoms with Gasteiger partial charge < -0.3 is 9.13 Å². The lowest BCUT2D eigenvalue weighted by molar-refractivity contribution is 0.112. The second kappa shape index (κ2) is 4.34. The Morgan fingerprint density at radius 2 is 2.20 bits per heavy atom. The van der Waals surface area contributed by atoms with Crippen LogP contribution in [0.2, 0.25) is 0 Å². The van der Waals surface area contributed by atoms with E-state index in [1.165, 1.54) is 18.5 Å². The molecule has 0 radical (unpaired) electrons. The van der Waals surface area contributed by atoms with Gasteiger partial charge in [0.25, 0.3) is 0 Å². The third-order valence-corrected chi connectivity index (χ3v) is 3.99. The van der Waals surface area contributed by atoms with Crippen molar-refractivity contribution in [1.82, 2.24) is 14.1 Å². The van der Waals surface area contributed by atoms with E-state index in [1.54, 1.807) is 0 Å². The van der Waals surface area contributed by atoms with E-state index >= 15 is 0 Å². The molecule has 0 spiro atoms. The molecule has 0 N–H and O–H groups in total. The number of carbonyl (C=O) groups is 1. The largest absolute Gasteiger partial charge is 0.341 e. The number of hydrogen-bond donors (Lipinski definition) is 0. The standard InChI is InChI=1S/C16H15N3O/c20-10-12-2-1-3-16-15(12)6-7-18(16)9-14-8-17-11-19(14)13-4-5-13/h1-3,6-8,10-11,13H,4-5,9H2. The van der Waals surface area contributed by atoms with E-state index in [2.05, 4.69) is 20.2 Å². The molecule has 0 amide bonds. The highest BCUT2D eigenvalue weighted by Crippen LogP contribution is 2.35. The van der Waals surface area contributed by atoms with Gasteiger partial charge in [-0.3, -0.25) is 4.79 Å². The minimum absolute atomic E-state index is 0.639. The maximum atomic E-state index is 11.1. The molecule has 2 heterocycles. The smallest absolute Gasteiger partial charge is 0.150 e. The first-order valence-electron chi connectivity index (χ1n) is 6.90. The zero-order valence-electron chi connectivity index (χ0n) is 11.1. The highest BCUT2D eigenvalue weighted by Gasteiger charge is 2.25. The topological polar surface area (TPSA) is 39.8 Å². The van der Waals surface area contributed by atoms with E-state index in [0.29, 0.717) is 6.04 Å². The average molecular weight is 265 g/mol. The predicted molar refractivity (Wildman–Crippen MR) is 76.9 cm³/mol. The minimum atomic E-state index is 0.639. The van der Waals surface area contributed by atoms with Gasteiger partial charge >= 0.3 is 0 Å². The van der Waals surface area contributed by atoms with Crippen LogP contribution in [0.3, 0.4) is 0 Å². The van der Waals surface area contributed by atoms with E-state index in [0.717, 1.165) is 29.3 Å². The van der Waals surface area contributed by atoms with Crippen LogP contribution in [0.15, 0.2) is 43.0 Å². The maximum Gasteiger partial charge on any atom is 0.150 e. The lowest BCUT2D eigenvalue weighted by Crippen LogP contribution is -2.05. The van der Waals surface area contributed by atoms with Gasteiger partial charge in [0.1, 0.15) is 0 Å². The summed E-state index contributed by atoms with van der Waals surface area (Å²) in [6.45, 7) is 0.794. The van der Waals surface area contributed by atoms with E-state index in [-0.39, 0.29) is 0 Å². The summed E-state index contributed by atoms with van der Waals surface area (Å²) in [5.41, 5.74) is 3.07. The van der Waals surface area contributed by atoms with Crippen LogP contribution in [-0.4, -0.2) is 20.4 Å². The number of rotatable bonds is 4. The van der Waals surface area contributed by atoms with Crippen LogP contribution in [0.5, 0.6) is 0 Å². The molecule has 4 heteroatoms. The molecule has 1 fully saturated rings. The van der Waals surface area contributed by atoms with Crippen molar-refractivity contribution < 1.29 is 4.79 Å². The summed E-state index contributed by atoms with van der Waals surface area (Å²) in [6, 6.07) is 8.49. The Kier molecular flexibility index (Phi) is 2.49. The molecular weight excluding hydrogens is 250 g/mol. The average Bonchev–Trinajstić information content (AvgIpc) is 3.08. The van der Waals surface area contributed by atoms with Crippen molar-refractivity contribution in [1.29, 1.82) is 0 Å². The molecule has 1 aliphatic carbocycles. The summed E-state index contributed by atoms with van der Waals surface area (Å²) in [5, 5.41) is 1.01. The van der Waals surface area contributed by atoms with Crippen molar-refractivity contribution in [3.05, 3.63) is 54.2 Å². The summed E-state index contributed by atoms with van der Waals surface area (Å²) in [5.74, 6) is 0. The van der Waals surface area contributed by atoms with E-state index in [9.17, 15) is 4.79 Å². The SMILES string of the molecule is O=Cc1cccc2c1ccn2Cc1cncn1C1CC1. The molecule has 4 rings (SSSR count). The summed E-state index contributed by atoms with van der Waals surface area (Å²) >= 11 is 0. The predicted octanol–water partition coefficient (Wildman–Crippen LogP) is 3.03. The summed E-state index contributed by atoms with van der Waals surface area (Å²) in [7, 11) is 0. The van der Waals surface area contributed by atoms with Crippen molar-refractivity contribution in [2.75, 3.05) is 0 Å². The Hall–Kier alpha value is -2.36. The fourth-order valence-electron chi connectivity index (χ4n) is 2.80. The number of nitrogens with zero attached hydrogens (tertiary/aromatic N) is 3. The first-order chi connectivity index (χ1) is 9.86. The molecule has 3 aromatic rings. The number of imidazole rings is 1. The van der Waals surface area contributed by atoms with Crippen LogP contribution in [0, 0.1) is 0 Å². The Balaban J connectivity index is 1.75. The maximum absolute atomic E-state index is 11.1. The molecule has 100 valence electrons. The van der Waals surface area contributed by atoms with Crippen molar-refractivity contribution in [3.63, 3.8) is 0 Å². The van der Waals surface area contributed by atoms with Crippen LogP contribution in [0.1, 0.15) is 34.9 Å². The molecule has 1 saturated carbocycles. The Morgan fingerprint density at radius 1 is 1.30 bits per heavy atom. The van der Waals surface area contributed by atoms with Crippen LogP contribution in [-0.2, 0) is 6.54 Å². The van der Waals surface area contributed by atoms with Gasteiger partial charge in [0.05, 0.1) is 18.6 Å². The van der Waals surface area contributed by atoms with Gasteiger partial charge in [0.2, 0.25) is 0 Å².